The summed E-state index contributed by atoms with van der Waals surface area (Å²) in [6.07, 6.45) is 8.31. The smallest absolute Gasteiger partial charge is 0.0643 e. The highest BCUT2D eigenvalue weighted by Gasteiger charge is 2.16. The summed E-state index contributed by atoms with van der Waals surface area (Å²) in [5.74, 6) is 0. The van der Waals surface area contributed by atoms with E-state index < -0.39 is 0 Å². The molecule has 78 valence electrons. The molecule has 1 heterocycles. The number of nitrogens with one attached hydrogen (secondary N) is 1. The third kappa shape index (κ3) is 5.27. The molecule has 1 rings (SSSR count). The maximum Gasteiger partial charge on any atom is 0.0643 e. The zero-order chi connectivity index (χ0) is 9.36. The van der Waals surface area contributed by atoms with Crippen molar-refractivity contribution < 1.29 is 4.74 Å². The first-order valence-electron chi connectivity index (χ1n) is 5.74. The van der Waals surface area contributed by atoms with Gasteiger partial charge < -0.3 is 10.1 Å². The van der Waals surface area contributed by atoms with Gasteiger partial charge in [0.05, 0.1) is 19.3 Å². The molecule has 0 saturated carbocycles. The van der Waals surface area contributed by atoms with Crippen molar-refractivity contribution in [1.29, 1.82) is 0 Å². The second-order valence-electron chi connectivity index (χ2n) is 3.96. The minimum absolute atomic E-state index is 0.663. The lowest BCUT2D eigenvalue weighted by Gasteiger charge is -2.26. The van der Waals surface area contributed by atoms with Crippen LogP contribution in [0.2, 0.25) is 0 Å². The van der Waals surface area contributed by atoms with Gasteiger partial charge in [-0.2, -0.15) is 0 Å². The van der Waals surface area contributed by atoms with E-state index in [1.165, 1.54) is 45.1 Å². The minimum atomic E-state index is 0.663. The Kier molecular flexibility index (Phi) is 6.21. The molecule has 0 unspecified atom stereocenters. The molecule has 1 aliphatic heterocycles. The van der Waals surface area contributed by atoms with Gasteiger partial charge in [0.25, 0.3) is 0 Å². The topological polar surface area (TPSA) is 21.3 Å². The predicted octanol–water partition coefficient (Wildman–Crippen LogP) is 2.34. The third-order valence-corrected chi connectivity index (χ3v) is 2.60. The van der Waals surface area contributed by atoms with E-state index in [1.807, 2.05) is 0 Å². The Bertz CT molecular complexity index is 113. The van der Waals surface area contributed by atoms with Gasteiger partial charge in [-0.3, -0.25) is 0 Å². The van der Waals surface area contributed by atoms with Gasteiger partial charge in [-0.05, 0) is 13.0 Å². The molecular formula is C11H23NO. The van der Waals surface area contributed by atoms with Crippen LogP contribution in [0.4, 0.5) is 0 Å². The Morgan fingerprint density at radius 2 is 1.77 bits per heavy atom. The summed E-state index contributed by atoms with van der Waals surface area (Å²) in [6.45, 7) is 5.30. The Labute approximate surface area is 82.0 Å². The molecule has 0 spiro atoms. The van der Waals surface area contributed by atoms with E-state index in [0.29, 0.717) is 6.04 Å². The van der Waals surface area contributed by atoms with Crippen LogP contribution in [0, 0.1) is 0 Å². The van der Waals surface area contributed by atoms with Crippen molar-refractivity contribution in [2.75, 3.05) is 19.8 Å². The van der Waals surface area contributed by atoms with Crippen LogP contribution in [0.1, 0.15) is 45.4 Å². The lowest BCUT2D eigenvalue weighted by molar-refractivity contribution is -0.00497. The fraction of sp³-hybridized carbons (Fsp3) is 1.00. The molecular weight excluding hydrogens is 162 g/mol. The quantitative estimate of drug-likeness (QED) is 0.586. The highest BCUT2D eigenvalue weighted by atomic mass is 16.5. The van der Waals surface area contributed by atoms with E-state index in [1.54, 1.807) is 0 Å². The van der Waals surface area contributed by atoms with Crippen LogP contribution in [0.15, 0.2) is 0 Å². The molecule has 0 aliphatic carbocycles. The van der Waals surface area contributed by atoms with Gasteiger partial charge in [-0.15, -0.1) is 0 Å². The van der Waals surface area contributed by atoms with Crippen LogP contribution in [0.25, 0.3) is 0 Å². The fourth-order valence-electron chi connectivity index (χ4n) is 1.57. The molecule has 13 heavy (non-hydrogen) atoms. The van der Waals surface area contributed by atoms with Crippen molar-refractivity contribution in [1.82, 2.24) is 5.32 Å². The van der Waals surface area contributed by atoms with Crippen LogP contribution < -0.4 is 5.32 Å². The first-order valence-corrected chi connectivity index (χ1v) is 5.74. The zero-order valence-electron chi connectivity index (χ0n) is 8.85. The normalized spacial score (nSPS) is 17.3. The number of rotatable bonds is 8. The lowest BCUT2D eigenvalue weighted by atomic mass is 10.1. The summed E-state index contributed by atoms with van der Waals surface area (Å²) in [5.41, 5.74) is 0. The Balaban J connectivity index is 1.68. The van der Waals surface area contributed by atoms with Crippen molar-refractivity contribution in [3.63, 3.8) is 0 Å². The van der Waals surface area contributed by atoms with E-state index in [0.717, 1.165) is 13.2 Å². The van der Waals surface area contributed by atoms with E-state index in [2.05, 4.69) is 12.2 Å². The molecule has 0 atom stereocenters. The molecule has 1 aliphatic rings. The van der Waals surface area contributed by atoms with Crippen LogP contribution in [-0.2, 0) is 4.74 Å². The maximum absolute atomic E-state index is 5.08. The van der Waals surface area contributed by atoms with E-state index in [-0.39, 0.29) is 0 Å². The van der Waals surface area contributed by atoms with Gasteiger partial charge in [0, 0.05) is 0 Å². The summed E-state index contributed by atoms with van der Waals surface area (Å²) < 4.78 is 5.08. The van der Waals surface area contributed by atoms with Gasteiger partial charge in [0.15, 0.2) is 0 Å². The van der Waals surface area contributed by atoms with E-state index in [9.17, 15) is 0 Å². The monoisotopic (exact) mass is 185 g/mol. The second kappa shape index (κ2) is 7.34. The van der Waals surface area contributed by atoms with Crippen LogP contribution in [0.3, 0.4) is 0 Å². The van der Waals surface area contributed by atoms with Gasteiger partial charge in [0.2, 0.25) is 0 Å². The molecule has 0 radical (unpaired) electrons. The zero-order valence-corrected chi connectivity index (χ0v) is 8.85. The summed E-state index contributed by atoms with van der Waals surface area (Å²) in [6, 6.07) is 0.663. The highest BCUT2D eigenvalue weighted by Crippen LogP contribution is 2.05. The first kappa shape index (κ1) is 11.0. The number of hydrogen-bond acceptors (Lipinski definition) is 2. The van der Waals surface area contributed by atoms with Crippen LogP contribution >= 0.6 is 0 Å². The molecule has 2 heteroatoms. The largest absolute Gasteiger partial charge is 0.378 e. The van der Waals surface area contributed by atoms with Gasteiger partial charge >= 0.3 is 0 Å². The van der Waals surface area contributed by atoms with Gasteiger partial charge in [-0.1, -0.05) is 39.0 Å². The highest BCUT2D eigenvalue weighted by molar-refractivity contribution is 4.72. The summed E-state index contributed by atoms with van der Waals surface area (Å²) in [7, 11) is 0. The van der Waals surface area contributed by atoms with Crippen molar-refractivity contribution in [3.8, 4) is 0 Å². The predicted molar refractivity (Wildman–Crippen MR) is 56.0 cm³/mol. The molecule has 0 bridgehead atoms. The molecule has 1 saturated heterocycles. The Morgan fingerprint density at radius 3 is 2.38 bits per heavy atom. The first-order chi connectivity index (χ1) is 6.43. The van der Waals surface area contributed by atoms with Crippen molar-refractivity contribution in [2.45, 2.75) is 51.5 Å². The van der Waals surface area contributed by atoms with Crippen LogP contribution in [0.5, 0.6) is 0 Å². The number of hydrogen-bond donors (Lipinski definition) is 1. The molecule has 2 nitrogen and oxygen atoms in total. The molecule has 0 aromatic rings. The second-order valence-corrected chi connectivity index (χ2v) is 3.96. The van der Waals surface area contributed by atoms with E-state index in [4.69, 9.17) is 4.74 Å². The van der Waals surface area contributed by atoms with Gasteiger partial charge in [-0.25, -0.2) is 0 Å². The molecule has 1 fully saturated rings. The fourth-order valence-corrected chi connectivity index (χ4v) is 1.57. The standard InChI is InChI=1S/C11H23NO/c1-2-3-4-5-6-7-8-12-11-9-13-10-11/h11-12H,2-10H2,1H3. The van der Waals surface area contributed by atoms with Gasteiger partial charge in [0.1, 0.15) is 0 Å². The number of ether oxygens (including phenoxy) is 1. The third-order valence-electron chi connectivity index (χ3n) is 2.60. The Morgan fingerprint density at radius 1 is 1.08 bits per heavy atom. The van der Waals surface area contributed by atoms with Crippen molar-refractivity contribution in [2.24, 2.45) is 0 Å². The average Bonchev–Trinajstić information content (AvgIpc) is 2.07. The average molecular weight is 185 g/mol. The molecule has 0 aromatic heterocycles. The Hall–Kier alpha value is -0.0800. The SMILES string of the molecule is CCCCCCCCNC1COC1. The lowest BCUT2D eigenvalue weighted by Crippen LogP contribution is -2.46. The minimum Gasteiger partial charge on any atom is -0.378 e. The molecule has 1 N–H and O–H groups in total. The molecule has 0 amide bonds. The molecule has 0 aromatic carbocycles. The van der Waals surface area contributed by atoms with Crippen molar-refractivity contribution >= 4 is 0 Å². The van der Waals surface area contributed by atoms with Crippen LogP contribution in [-0.4, -0.2) is 25.8 Å². The van der Waals surface area contributed by atoms with E-state index >= 15 is 0 Å². The summed E-state index contributed by atoms with van der Waals surface area (Å²) in [4.78, 5) is 0. The summed E-state index contributed by atoms with van der Waals surface area (Å²) >= 11 is 0. The van der Waals surface area contributed by atoms with Crippen molar-refractivity contribution in [3.05, 3.63) is 0 Å². The summed E-state index contributed by atoms with van der Waals surface area (Å²) in [5, 5.41) is 3.48. The maximum atomic E-state index is 5.08. The number of unbranched alkanes of at least 4 members (excludes halogenated alkanes) is 5.